The van der Waals surface area contributed by atoms with Crippen LogP contribution in [-0.2, 0) is 10.0 Å². The second kappa shape index (κ2) is 11.1. The molecule has 1 fully saturated rings. The van der Waals surface area contributed by atoms with Gasteiger partial charge in [-0.1, -0.05) is 0 Å². The van der Waals surface area contributed by atoms with Gasteiger partial charge in [-0.15, -0.1) is 24.8 Å². The molecule has 1 aliphatic rings. The number of nitrogens with zero attached hydrogens (tertiary/aromatic N) is 1. The predicted octanol–water partition coefficient (Wildman–Crippen LogP) is 1.11. The molecule has 0 radical (unpaired) electrons. The van der Waals surface area contributed by atoms with Crippen LogP contribution < -0.4 is 14.8 Å². The molecular formula is C14H25Cl2N3O3S. The van der Waals surface area contributed by atoms with Gasteiger partial charge in [0.25, 0.3) is 0 Å². The molecule has 0 unspecified atom stereocenters. The minimum absolute atomic E-state index is 0. The molecule has 1 aliphatic heterocycles. The van der Waals surface area contributed by atoms with Crippen molar-refractivity contribution in [3.63, 3.8) is 0 Å². The average Bonchev–Trinajstić information content (AvgIpc) is 2.49. The molecule has 0 amide bonds. The van der Waals surface area contributed by atoms with Crippen LogP contribution in [0.15, 0.2) is 29.2 Å². The lowest BCUT2D eigenvalue weighted by Gasteiger charge is -2.27. The standard InChI is InChI=1S/C14H23N3O3S.2ClH/c1-2-20-13-3-5-14(6-4-13)21(18,19)16-9-12-17-10-7-15-8-11-17;;/h3-6,15-16H,2,7-12H2,1H3;2*1H. The van der Waals surface area contributed by atoms with Crippen LogP contribution in [0.25, 0.3) is 0 Å². The van der Waals surface area contributed by atoms with Crippen LogP contribution in [0.5, 0.6) is 5.75 Å². The van der Waals surface area contributed by atoms with E-state index in [1.807, 2.05) is 6.92 Å². The summed E-state index contributed by atoms with van der Waals surface area (Å²) in [6, 6.07) is 6.49. The van der Waals surface area contributed by atoms with Crippen LogP contribution in [0, 0.1) is 0 Å². The molecule has 1 aromatic rings. The quantitative estimate of drug-likeness (QED) is 0.735. The van der Waals surface area contributed by atoms with Gasteiger partial charge in [0.2, 0.25) is 10.0 Å². The second-order valence-corrected chi connectivity index (χ2v) is 6.66. The first-order valence-electron chi connectivity index (χ1n) is 7.27. The van der Waals surface area contributed by atoms with E-state index in [0.717, 1.165) is 32.7 Å². The Morgan fingerprint density at radius 3 is 2.35 bits per heavy atom. The number of benzene rings is 1. The fourth-order valence-electron chi connectivity index (χ4n) is 2.24. The van der Waals surface area contributed by atoms with E-state index in [-0.39, 0.29) is 29.7 Å². The van der Waals surface area contributed by atoms with E-state index in [4.69, 9.17) is 4.74 Å². The lowest BCUT2D eigenvalue weighted by Crippen LogP contribution is -2.46. The second-order valence-electron chi connectivity index (χ2n) is 4.89. The molecule has 23 heavy (non-hydrogen) atoms. The van der Waals surface area contributed by atoms with Crippen LogP contribution in [0.1, 0.15) is 6.92 Å². The van der Waals surface area contributed by atoms with Gasteiger partial charge in [-0.3, -0.25) is 4.90 Å². The summed E-state index contributed by atoms with van der Waals surface area (Å²) in [5.74, 6) is 0.678. The van der Waals surface area contributed by atoms with Crippen molar-refractivity contribution in [3.8, 4) is 5.75 Å². The Kier molecular flexibility index (Phi) is 10.8. The Morgan fingerprint density at radius 2 is 1.78 bits per heavy atom. The first kappa shape index (κ1) is 22.4. The summed E-state index contributed by atoms with van der Waals surface area (Å²) in [6.07, 6.45) is 0. The van der Waals surface area contributed by atoms with E-state index < -0.39 is 10.0 Å². The summed E-state index contributed by atoms with van der Waals surface area (Å²) in [6.45, 7) is 7.47. The zero-order valence-electron chi connectivity index (χ0n) is 13.2. The molecule has 0 spiro atoms. The third-order valence-corrected chi connectivity index (χ3v) is 4.85. The van der Waals surface area contributed by atoms with Gasteiger partial charge in [0.05, 0.1) is 11.5 Å². The number of nitrogens with one attached hydrogen (secondary N) is 2. The van der Waals surface area contributed by atoms with Gasteiger partial charge >= 0.3 is 0 Å². The van der Waals surface area contributed by atoms with E-state index in [1.54, 1.807) is 24.3 Å². The summed E-state index contributed by atoms with van der Waals surface area (Å²) < 4.78 is 32.3. The molecule has 0 aliphatic carbocycles. The topological polar surface area (TPSA) is 70.7 Å². The third-order valence-electron chi connectivity index (χ3n) is 3.37. The molecule has 134 valence electrons. The smallest absolute Gasteiger partial charge is 0.240 e. The number of sulfonamides is 1. The summed E-state index contributed by atoms with van der Waals surface area (Å²) in [4.78, 5) is 2.52. The third kappa shape index (κ3) is 7.24. The molecule has 0 atom stereocenters. The van der Waals surface area contributed by atoms with Crippen LogP contribution in [0.2, 0.25) is 0 Å². The summed E-state index contributed by atoms with van der Waals surface area (Å²) in [7, 11) is -3.44. The minimum atomic E-state index is -3.44. The maximum Gasteiger partial charge on any atom is 0.240 e. The number of ether oxygens (including phenoxy) is 1. The van der Waals surface area contributed by atoms with Crippen LogP contribution in [0.3, 0.4) is 0 Å². The largest absolute Gasteiger partial charge is 0.494 e. The summed E-state index contributed by atoms with van der Waals surface area (Å²) in [5, 5.41) is 3.27. The Morgan fingerprint density at radius 1 is 1.17 bits per heavy atom. The molecule has 1 heterocycles. The van der Waals surface area contributed by atoms with E-state index in [1.165, 1.54) is 0 Å². The van der Waals surface area contributed by atoms with E-state index in [9.17, 15) is 8.42 Å². The van der Waals surface area contributed by atoms with Crippen LogP contribution in [0.4, 0.5) is 0 Å². The van der Waals surface area contributed by atoms with Gasteiger partial charge in [-0.25, -0.2) is 13.1 Å². The van der Waals surface area contributed by atoms with E-state index >= 15 is 0 Å². The van der Waals surface area contributed by atoms with Gasteiger partial charge in [0.15, 0.2) is 0 Å². The molecule has 1 saturated heterocycles. The van der Waals surface area contributed by atoms with Gasteiger partial charge < -0.3 is 10.1 Å². The number of hydrogen-bond donors (Lipinski definition) is 2. The van der Waals surface area contributed by atoms with Crippen molar-refractivity contribution in [1.29, 1.82) is 0 Å². The molecule has 1 aromatic carbocycles. The molecule has 0 saturated carbocycles. The predicted molar refractivity (Wildman–Crippen MR) is 96.6 cm³/mol. The average molecular weight is 386 g/mol. The first-order chi connectivity index (χ1) is 10.1. The molecule has 2 rings (SSSR count). The Bertz CT molecular complexity index is 535. The lowest BCUT2D eigenvalue weighted by atomic mass is 10.3. The molecule has 2 N–H and O–H groups in total. The van der Waals surface area contributed by atoms with Crippen LogP contribution in [-0.4, -0.2) is 59.2 Å². The fourth-order valence-corrected chi connectivity index (χ4v) is 3.26. The molecule has 0 bridgehead atoms. The Labute approximate surface area is 150 Å². The molecule has 6 nitrogen and oxygen atoms in total. The lowest BCUT2D eigenvalue weighted by molar-refractivity contribution is 0.245. The fraction of sp³-hybridized carbons (Fsp3) is 0.571. The van der Waals surface area contributed by atoms with Crippen molar-refractivity contribution < 1.29 is 13.2 Å². The zero-order valence-corrected chi connectivity index (χ0v) is 15.6. The van der Waals surface area contributed by atoms with Crippen molar-refractivity contribution in [2.75, 3.05) is 45.9 Å². The number of piperazine rings is 1. The van der Waals surface area contributed by atoms with E-state index in [0.29, 0.717) is 18.9 Å². The minimum Gasteiger partial charge on any atom is -0.494 e. The monoisotopic (exact) mass is 385 g/mol. The first-order valence-corrected chi connectivity index (χ1v) is 8.76. The maximum absolute atomic E-state index is 12.2. The zero-order chi connectivity index (χ0) is 15.1. The highest BCUT2D eigenvalue weighted by molar-refractivity contribution is 7.89. The summed E-state index contributed by atoms with van der Waals surface area (Å²) >= 11 is 0. The van der Waals surface area contributed by atoms with Gasteiger partial charge in [0.1, 0.15) is 5.75 Å². The Hall–Kier alpha value is -0.570. The SMILES string of the molecule is CCOc1ccc(S(=O)(=O)NCCN2CCNCC2)cc1.Cl.Cl. The van der Waals surface area contributed by atoms with Crippen molar-refractivity contribution in [2.24, 2.45) is 0 Å². The van der Waals surface area contributed by atoms with Crippen LogP contribution >= 0.6 is 24.8 Å². The van der Waals surface area contributed by atoms with Crippen molar-refractivity contribution in [1.82, 2.24) is 14.9 Å². The van der Waals surface area contributed by atoms with Gasteiger partial charge in [-0.2, -0.15) is 0 Å². The molecule has 0 aromatic heterocycles. The molecular weight excluding hydrogens is 361 g/mol. The molecule has 9 heteroatoms. The highest BCUT2D eigenvalue weighted by Crippen LogP contribution is 2.15. The highest BCUT2D eigenvalue weighted by atomic mass is 35.5. The highest BCUT2D eigenvalue weighted by Gasteiger charge is 2.15. The van der Waals surface area contributed by atoms with Crippen molar-refractivity contribution in [3.05, 3.63) is 24.3 Å². The summed E-state index contributed by atoms with van der Waals surface area (Å²) in [5.41, 5.74) is 0. The van der Waals surface area contributed by atoms with Crippen molar-refractivity contribution in [2.45, 2.75) is 11.8 Å². The maximum atomic E-state index is 12.2. The number of rotatable bonds is 7. The Balaban J connectivity index is 0.00000242. The number of halogens is 2. The van der Waals surface area contributed by atoms with Gasteiger partial charge in [-0.05, 0) is 31.2 Å². The van der Waals surface area contributed by atoms with Crippen molar-refractivity contribution >= 4 is 34.8 Å². The number of hydrogen-bond acceptors (Lipinski definition) is 5. The van der Waals surface area contributed by atoms with E-state index in [2.05, 4.69) is 14.9 Å². The van der Waals surface area contributed by atoms with Gasteiger partial charge in [0, 0.05) is 39.3 Å². The normalized spacial score (nSPS) is 15.3.